The summed E-state index contributed by atoms with van der Waals surface area (Å²) < 4.78 is 57.7. The van der Waals surface area contributed by atoms with Crippen molar-refractivity contribution in [3.8, 4) is 5.88 Å². The Hall–Kier alpha value is -2.53. The smallest absolute Gasteiger partial charge is 0.424 e. The first-order valence-electron chi connectivity index (χ1n) is 9.34. The Morgan fingerprint density at radius 2 is 2.16 bits per heavy atom. The number of ether oxygens (including phenoxy) is 3. The number of halogens is 4. The minimum absolute atomic E-state index is 0.150. The van der Waals surface area contributed by atoms with Gasteiger partial charge in [0.15, 0.2) is 5.56 Å². The zero-order valence-corrected chi connectivity index (χ0v) is 18.1. The van der Waals surface area contributed by atoms with Crippen molar-refractivity contribution in [2.24, 2.45) is 0 Å². The van der Waals surface area contributed by atoms with Crippen LogP contribution in [0.15, 0.2) is 35.1 Å². The molecular formula is C20H20BrF3N2O5. The molecule has 1 aliphatic heterocycles. The maximum Gasteiger partial charge on any atom is 0.424 e. The zero-order chi connectivity index (χ0) is 22.6. The molecule has 0 aliphatic carbocycles. The highest BCUT2D eigenvalue weighted by molar-refractivity contribution is 9.10. The summed E-state index contributed by atoms with van der Waals surface area (Å²) in [4.78, 5) is 11.5. The van der Waals surface area contributed by atoms with Gasteiger partial charge in [-0.1, -0.05) is 24.3 Å². The van der Waals surface area contributed by atoms with Gasteiger partial charge in [-0.15, -0.1) is 5.10 Å². The van der Waals surface area contributed by atoms with Crippen LogP contribution in [0, 0.1) is 0 Å². The second kappa shape index (κ2) is 9.73. The van der Waals surface area contributed by atoms with Crippen LogP contribution in [0.25, 0.3) is 5.57 Å². The Balaban J connectivity index is 1.90. The lowest BCUT2D eigenvalue weighted by atomic mass is 10.0. The normalized spacial score (nSPS) is 17.1. The highest BCUT2D eigenvalue weighted by atomic mass is 79.9. The number of carboxylic acids is 1. The van der Waals surface area contributed by atoms with Crippen molar-refractivity contribution in [2.45, 2.75) is 38.3 Å². The average Bonchev–Trinajstić information content (AvgIpc) is 3.32. The summed E-state index contributed by atoms with van der Waals surface area (Å²) in [5, 5.41) is 13.4. The van der Waals surface area contributed by atoms with Gasteiger partial charge in [-0.05, 0) is 39.9 Å². The van der Waals surface area contributed by atoms with Crippen LogP contribution in [-0.4, -0.2) is 40.7 Å². The van der Waals surface area contributed by atoms with Crippen molar-refractivity contribution < 1.29 is 37.3 Å². The summed E-state index contributed by atoms with van der Waals surface area (Å²) in [7, 11) is 1.30. The van der Waals surface area contributed by atoms with Gasteiger partial charge in [-0.25, -0.2) is 4.79 Å². The van der Waals surface area contributed by atoms with Crippen LogP contribution in [0.5, 0.6) is 5.88 Å². The molecule has 1 unspecified atom stereocenters. The van der Waals surface area contributed by atoms with E-state index in [0.717, 1.165) is 19.1 Å². The van der Waals surface area contributed by atoms with Gasteiger partial charge >= 0.3 is 12.1 Å². The quantitative estimate of drug-likeness (QED) is 0.421. The molecule has 1 saturated heterocycles. The van der Waals surface area contributed by atoms with Crippen LogP contribution >= 0.6 is 15.9 Å². The van der Waals surface area contributed by atoms with E-state index in [1.807, 2.05) is 0 Å². The summed E-state index contributed by atoms with van der Waals surface area (Å²) in [6.07, 6.45) is -2.29. The van der Waals surface area contributed by atoms with Gasteiger partial charge in [0.1, 0.15) is 16.8 Å². The lowest BCUT2D eigenvalue weighted by molar-refractivity contribution is -0.139. The topological polar surface area (TPSA) is 82.8 Å². The fraction of sp³-hybridized carbons (Fsp3) is 0.400. The number of methoxy groups -OCH3 is 1. The summed E-state index contributed by atoms with van der Waals surface area (Å²) >= 11 is 2.99. The van der Waals surface area contributed by atoms with Gasteiger partial charge in [0.05, 0.1) is 26.0 Å². The Bertz CT molecular complexity index is 968. The predicted octanol–water partition coefficient (Wildman–Crippen LogP) is 4.49. The number of aliphatic carboxylic acids is 1. The molecule has 1 aromatic heterocycles. The van der Waals surface area contributed by atoms with E-state index in [0.29, 0.717) is 12.2 Å². The molecule has 1 aromatic carbocycles. The number of hydrogen-bond donors (Lipinski definition) is 1. The largest absolute Gasteiger partial charge is 0.503 e. The number of nitrogens with zero attached hydrogens (tertiary/aromatic N) is 2. The molecular weight excluding hydrogens is 485 g/mol. The molecule has 0 saturated carbocycles. The number of rotatable bonds is 8. The first kappa shape index (κ1) is 23.1. The zero-order valence-electron chi connectivity index (χ0n) is 16.5. The highest BCUT2D eigenvalue weighted by Gasteiger charge is 2.41. The second-order valence-electron chi connectivity index (χ2n) is 6.80. The Labute approximate surface area is 184 Å². The molecule has 1 N–H and O–H groups in total. The van der Waals surface area contributed by atoms with Crippen LogP contribution in [0.1, 0.15) is 29.5 Å². The summed E-state index contributed by atoms with van der Waals surface area (Å²) in [5.74, 6) is -1.84. The molecule has 1 atom stereocenters. The van der Waals surface area contributed by atoms with Crippen molar-refractivity contribution in [3.63, 3.8) is 0 Å². The fourth-order valence-corrected chi connectivity index (χ4v) is 3.88. The van der Waals surface area contributed by atoms with E-state index in [-0.39, 0.29) is 35.0 Å². The number of hydrogen-bond acceptors (Lipinski definition) is 5. The second-order valence-corrected chi connectivity index (χ2v) is 7.56. The number of alkyl halides is 3. The first-order chi connectivity index (χ1) is 14.7. The lowest BCUT2D eigenvalue weighted by Gasteiger charge is -2.12. The number of carboxylic acid groups (broad SMARTS) is 1. The van der Waals surface area contributed by atoms with Gasteiger partial charge in [0.25, 0.3) is 0 Å². The molecule has 0 amide bonds. The van der Waals surface area contributed by atoms with Crippen LogP contribution in [-0.2, 0) is 33.6 Å². The third-order valence-corrected chi connectivity index (χ3v) is 5.49. The highest BCUT2D eigenvalue weighted by Crippen LogP contribution is 2.41. The molecule has 2 aromatic rings. The molecule has 1 aliphatic rings. The van der Waals surface area contributed by atoms with E-state index >= 15 is 0 Å². The van der Waals surface area contributed by atoms with E-state index in [1.165, 1.54) is 17.9 Å². The molecule has 7 nitrogen and oxygen atoms in total. The van der Waals surface area contributed by atoms with Crippen molar-refractivity contribution in [1.82, 2.24) is 9.78 Å². The van der Waals surface area contributed by atoms with E-state index < -0.39 is 23.6 Å². The van der Waals surface area contributed by atoms with E-state index in [2.05, 4.69) is 21.0 Å². The van der Waals surface area contributed by atoms with E-state index in [1.54, 1.807) is 18.2 Å². The van der Waals surface area contributed by atoms with Gasteiger partial charge in [0.2, 0.25) is 5.88 Å². The van der Waals surface area contributed by atoms with E-state index in [4.69, 9.17) is 14.2 Å². The van der Waals surface area contributed by atoms with Crippen LogP contribution in [0.2, 0.25) is 0 Å². The molecule has 168 valence electrons. The molecule has 2 heterocycles. The molecule has 3 rings (SSSR count). The van der Waals surface area contributed by atoms with Gasteiger partial charge in [0, 0.05) is 6.61 Å². The molecule has 11 heteroatoms. The fourth-order valence-electron chi connectivity index (χ4n) is 3.26. The van der Waals surface area contributed by atoms with Crippen LogP contribution < -0.4 is 4.74 Å². The molecule has 31 heavy (non-hydrogen) atoms. The van der Waals surface area contributed by atoms with Crippen molar-refractivity contribution in [3.05, 3.63) is 51.8 Å². The van der Waals surface area contributed by atoms with Crippen LogP contribution in [0.4, 0.5) is 13.2 Å². The monoisotopic (exact) mass is 504 g/mol. The molecule has 1 fully saturated rings. The predicted molar refractivity (Wildman–Crippen MR) is 107 cm³/mol. The lowest BCUT2D eigenvalue weighted by Crippen LogP contribution is -2.16. The molecule has 0 spiro atoms. The Morgan fingerprint density at radius 3 is 2.77 bits per heavy atom. The summed E-state index contributed by atoms with van der Waals surface area (Å²) in [5.41, 5.74) is -0.550. The number of carbonyl (C=O) groups is 1. The van der Waals surface area contributed by atoms with Crippen molar-refractivity contribution in [1.29, 1.82) is 0 Å². The van der Waals surface area contributed by atoms with Gasteiger partial charge < -0.3 is 19.3 Å². The average molecular weight is 505 g/mol. The number of benzene rings is 1. The maximum absolute atomic E-state index is 13.7. The summed E-state index contributed by atoms with van der Waals surface area (Å²) in [6.45, 7) is 0.400. The number of aromatic nitrogens is 2. The van der Waals surface area contributed by atoms with Crippen molar-refractivity contribution >= 4 is 27.5 Å². The Morgan fingerprint density at radius 1 is 1.42 bits per heavy atom. The Kier molecular flexibility index (Phi) is 7.26. The third-order valence-electron chi connectivity index (χ3n) is 4.68. The van der Waals surface area contributed by atoms with Gasteiger partial charge in [-0.2, -0.15) is 13.2 Å². The molecule has 0 radical (unpaired) electrons. The summed E-state index contributed by atoms with van der Waals surface area (Å²) in [6, 6.07) is 6.33. The van der Waals surface area contributed by atoms with E-state index in [9.17, 15) is 23.1 Å². The minimum atomic E-state index is -4.70. The minimum Gasteiger partial charge on any atom is -0.503 e. The SMILES string of the molecule is CO/C=C(/C(=O)O)c1ccccc1COc1nn(CC2CCCO2)c(Br)c1C(F)(F)F. The van der Waals surface area contributed by atoms with Gasteiger partial charge in [-0.3, -0.25) is 4.68 Å². The van der Waals surface area contributed by atoms with Crippen LogP contribution in [0.3, 0.4) is 0 Å². The maximum atomic E-state index is 13.7. The third kappa shape index (κ3) is 5.40. The standard InChI is InChI=1S/C20H20BrF3N2O5/c1-29-11-15(19(27)28)14-7-3-2-5-12(14)10-31-18-16(20(22,23)24)17(21)26(25-18)9-13-6-4-8-30-13/h2-3,5,7,11,13H,4,6,8-10H2,1H3,(H,27,28)/b15-11+. The van der Waals surface area contributed by atoms with Crippen molar-refractivity contribution in [2.75, 3.05) is 13.7 Å². The first-order valence-corrected chi connectivity index (χ1v) is 10.1. The molecule has 0 bridgehead atoms.